The van der Waals surface area contributed by atoms with Crippen molar-refractivity contribution in [2.75, 3.05) is 0 Å². The van der Waals surface area contributed by atoms with Crippen LogP contribution in [0.3, 0.4) is 0 Å². The van der Waals surface area contributed by atoms with Gasteiger partial charge in [0.15, 0.2) is 5.82 Å². The molecule has 0 fully saturated rings. The Morgan fingerprint density at radius 1 is 1.28 bits per heavy atom. The number of allylic oxidation sites excluding steroid dienone is 1. The second-order valence-corrected chi connectivity index (χ2v) is 3.66. The van der Waals surface area contributed by atoms with Crippen LogP contribution in [0.15, 0.2) is 42.6 Å². The normalized spacial score (nSPS) is 10.8. The van der Waals surface area contributed by atoms with Crippen LogP contribution in [0.5, 0.6) is 6.01 Å². The molecule has 18 heavy (non-hydrogen) atoms. The molecule has 4 heteroatoms. The second kappa shape index (κ2) is 5.91. The molecule has 0 bridgehead atoms. The average Bonchev–Trinajstić information content (AvgIpc) is 2.41. The quantitative estimate of drug-likeness (QED) is 0.828. The first-order chi connectivity index (χ1) is 8.79. The number of hydrogen-bond donors (Lipinski definition) is 0. The standard InChI is InChI=1S/C14H13FN2O/c1-2-6-13-12(15)9-16-14(17-13)18-10-11-7-4-3-5-8-11/h2-9H,10H2,1H3/b6-2+. The zero-order chi connectivity index (χ0) is 12.8. The lowest BCUT2D eigenvalue weighted by atomic mass is 10.2. The van der Waals surface area contributed by atoms with E-state index in [0.717, 1.165) is 11.8 Å². The first-order valence-electron chi connectivity index (χ1n) is 5.61. The highest BCUT2D eigenvalue weighted by Crippen LogP contribution is 2.11. The molecule has 0 aliphatic rings. The number of aromatic nitrogens is 2. The monoisotopic (exact) mass is 244 g/mol. The number of nitrogens with zero attached hydrogens (tertiary/aromatic N) is 2. The van der Waals surface area contributed by atoms with E-state index in [1.54, 1.807) is 19.1 Å². The van der Waals surface area contributed by atoms with Crippen molar-refractivity contribution >= 4 is 6.08 Å². The van der Waals surface area contributed by atoms with Crippen molar-refractivity contribution in [1.82, 2.24) is 9.97 Å². The van der Waals surface area contributed by atoms with E-state index in [1.807, 2.05) is 30.3 Å². The van der Waals surface area contributed by atoms with Gasteiger partial charge in [-0.3, -0.25) is 0 Å². The third-order valence-corrected chi connectivity index (χ3v) is 2.28. The highest BCUT2D eigenvalue weighted by Gasteiger charge is 2.05. The number of halogens is 1. The minimum Gasteiger partial charge on any atom is -0.459 e. The van der Waals surface area contributed by atoms with Gasteiger partial charge in [-0.15, -0.1) is 0 Å². The van der Waals surface area contributed by atoms with Crippen molar-refractivity contribution in [3.8, 4) is 6.01 Å². The molecule has 0 saturated heterocycles. The Bertz CT molecular complexity index is 541. The van der Waals surface area contributed by atoms with Gasteiger partial charge in [0, 0.05) is 0 Å². The van der Waals surface area contributed by atoms with Gasteiger partial charge in [0.25, 0.3) is 0 Å². The van der Waals surface area contributed by atoms with Crippen molar-refractivity contribution in [1.29, 1.82) is 0 Å². The van der Waals surface area contributed by atoms with Crippen molar-refractivity contribution in [2.24, 2.45) is 0 Å². The van der Waals surface area contributed by atoms with Crippen LogP contribution in [-0.4, -0.2) is 9.97 Å². The fourth-order valence-electron chi connectivity index (χ4n) is 1.43. The summed E-state index contributed by atoms with van der Waals surface area (Å²) in [5, 5.41) is 0. The highest BCUT2D eigenvalue weighted by atomic mass is 19.1. The zero-order valence-electron chi connectivity index (χ0n) is 10.0. The molecule has 0 atom stereocenters. The average molecular weight is 244 g/mol. The van der Waals surface area contributed by atoms with Gasteiger partial charge >= 0.3 is 6.01 Å². The van der Waals surface area contributed by atoms with E-state index in [1.165, 1.54) is 0 Å². The topological polar surface area (TPSA) is 35.0 Å². The number of ether oxygens (including phenoxy) is 1. The van der Waals surface area contributed by atoms with E-state index in [9.17, 15) is 4.39 Å². The smallest absolute Gasteiger partial charge is 0.317 e. The summed E-state index contributed by atoms with van der Waals surface area (Å²) < 4.78 is 18.7. The molecule has 0 N–H and O–H groups in total. The molecule has 0 aliphatic heterocycles. The van der Waals surface area contributed by atoms with Gasteiger partial charge in [0.1, 0.15) is 12.3 Å². The summed E-state index contributed by atoms with van der Waals surface area (Å²) in [6.45, 7) is 2.16. The number of rotatable bonds is 4. The molecule has 0 spiro atoms. The summed E-state index contributed by atoms with van der Waals surface area (Å²) in [5.41, 5.74) is 1.24. The van der Waals surface area contributed by atoms with Gasteiger partial charge in [-0.25, -0.2) is 9.37 Å². The fraction of sp³-hybridized carbons (Fsp3) is 0.143. The SMILES string of the molecule is C/C=C/c1nc(OCc2ccccc2)ncc1F. The highest BCUT2D eigenvalue weighted by molar-refractivity contribution is 5.44. The molecule has 0 radical (unpaired) electrons. The van der Waals surface area contributed by atoms with Crippen LogP contribution in [0.2, 0.25) is 0 Å². The number of hydrogen-bond acceptors (Lipinski definition) is 3. The van der Waals surface area contributed by atoms with Gasteiger partial charge in [-0.1, -0.05) is 36.4 Å². The molecule has 0 unspecified atom stereocenters. The summed E-state index contributed by atoms with van der Waals surface area (Å²) in [6.07, 6.45) is 4.40. The predicted molar refractivity (Wildman–Crippen MR) is 67.5 cm³/mol. The molecular weight excluding hydrogens is 231 g/mol. The Morgan fingerprint density at radius 3 is 2.78 bits per heavy atom. The molecule has 0 amide bonds. The van der Waals surface area contributed by atoms with Gasteiger partial charge < -0.3 is 4.74 Å². The minimum absolute atomic E-state index is 0.174. The maximum Gasteiger partial charge on any atom is 0.317 e. The van der Waals surface area contributed by atoms with Gasteiger partial charge in [0.2, 0.25) is 0 Å². The van der Waals surface area contributed by atoms with Gasteiger partial charge in [-0.05, 0) is 18.6 Å². The van der Waals surface area contributed by atoms with Gasteiger partial charge in [-0.2, -0.15) is 4.98 Å². The Hall–Kier alpha value is -2.23. The van der Waals surface area contributed by atoms with Crippen molar-refractivity contribution in [3.05, 3.63) is 59.7 Å². The summed E-state index contributed by atoms with van der Waals surface area (Å²) in [6, 6.07) is 9.84. The maximum absolute atomic E-state index is 13.3. The molecule has 1 heterocycles. The summed E-state index contributed by atoms with van der Waals surface area (Å²) in [5.74, 6) is -0.458. The Balaban J connectivity index is 2.08. The third kappa shape index (κ3) is 3.13. The molecule has 92 valence electrons. The van der Waals surface area contributed by atoms with E-state index in [0.29, 0.717) is 6.61 Å². The molecule has 2 rings (SSSR count). The van der Waals surface area contributed by atoms with E-state index < -0.39 is 5.82 Å². The van der Waals surface area contributed by atoms with Crippen LogP contribution < -0.4 is 4.74 Å². The van der Waals surface area contributed by atoms with E-state index in [2.05, 4.69) is 9.97 Å². The maximum atomic E-state index is 13.3. The van der Waals surface area contributed by atoms with Crippen molar-refractivity contribution < 1.29 is 9.13 Å². The van der Waals surface area contributed by atoms with E-state index >= 15 is 0 Å². The van der Waals surface area contributed by atoms with Crippen LogP contribution in [0.4, 0.5) is 4.39 Å². The lowest BCUT2D eigenvalue weighted by Gasteiger charge is -2.05. The zero-order valence-corrected chi connectivity index (χ0v) is 10.0. The molecule has 2 aromatic rings. The van der Waals surface area contributed by atoms with Crippen LogP contribution in [0.1, 0.15) is 18.2 Å². The predicted octanol–water partition coefficient (Wildman–Crippen LogP) is 3.23. The minimum atomic E-state index is -0.458. The lowest BCUT2D eigenvalue weighted by molar-refractivity contribution is 0.279. The van der Waals surface area contributed by atoms with E-state index in [4.69, 9.17) is 4.74 Å². The van der Waals surface area contributed by atoms with Crippen LogP contribution >= 0.6 is 0 Å². The molecule has 3 nitrogen and oxygen atoms in total. The van der Waals surface area contributed by atoms with Crippen LogP contribution in [0, 0.1) is 5.82 Å². The van der Waals surface area contributed by atoms with Crippen molar-refractivity contribution in [2.45, 2.75) is 13.5 Å². The fourth-order valence-corrected chi connectivity index (χ4v) is 1.43. The van der Waals surface area contributed by atoms with Crippen molar-refractivity contribution in [3.63, 3.8) is 0 Å². The van der Waals surface area contributed by atoms with E-state index in [-0.39, 0.29) is 11.7 Å². The Labute approximate surface area is 105 Å². The largest absolute Gasteiger partial charge is 0.459 e. The first-order valence-corrected chi connectivity index (χ1v) is 5.61. The van der Waals surface area contributed by atoms with Crippen LogP contribution in [0.25, 0.3) is 6.08 Å². The summed E-state index contributed by atoms with van der Waals surface area (Å²) in [4.78, 5) is 7.78. The summed E-state index contributed by atoms with van der Waals surface area (Å²) in [7, 11) is 0. The molecule has 0 saturated carbocycles. The third-order valence-electron chi connectivity index (χ3n) is 2.28. The van der Waals surface area contributed by atoms with Crippen LogP contribution in [-0.2, 0) is 6.61 Å². The number of benzene rings is 1. The second-order valence-electron chi connectivity index (χ2n) is 3.66. The summed E-state index contributed by atoms with van der Waals surface area (Å²) >= 11 is 0. The Morgan fingerprint density at radius 2 is 2.06 bits per heavy atom. The molecule has 1 aromatic heterocycles. The van der Waals surface area contributed by atoms with Gasteiger partial charge in [0.05, 0.1) is 6.20 Å². The lowest BCUT2D eigenvalue weighted by Crippen LogP contribution is -2.01. The molecule has 1 aromatic carbocycles. The molecular formula is C14H13FN2O. The Kier molecular flexibility index (Phi) is 4.02. The molecule has 0 aliphatic carbocycles. The first kappa shape index (κ1) is 12.2.